The predicted octanol–water partition coefficient (Wildman–Crippen LogP) is 4.55. The van der Waals surface area contributed by atoms with Crippen LogP contribution in [0.15, 0.2) is 48.7 Å². The van der Waals surface area contributed by atoms with E-state index in [-0.39, 0.29) is 6.42 Å². The summed E-state index contributed by atoms with van der Waals surface area (Å²) in [6.45, 7) is 5.42. The highest BCUT2D eigenvalue weighted by molar-refractivity contribution is 5.88. The summed E-state index contributed by atoms with van der Waals surface area (Å²) in [4.78, 5) is 17.0. The number of rotatable bonds is 2. The molecule has 0 spiro atoms. The van der Waals surface area contributed by atoms with Crippen molar-refractivity contribution in [3.05, 3.63) is 54.4 Å². The Morgan fingerprint density at radius 2 is 1.92 bits per heavy atom. The van der Waals surface area contributed by atoms with Gasteiger partial charge in [-0.25, -0.2) is 14.3 Å². The van der Waals surface area contributed by atoms with Crippen LogP contribution in [0.1, 0.15) is 26.5 Å². The molecule has 0 amide bonds. The summed E-state index contributed by atoms with van der Waals surface area (Å²) in [5, 5.41) is 11.2. The summed E-state index contributed by atoms with van der Waals surface area (Å²) >= 11 is 0. The minimum atomic E-state index is -0.633. The van der Waals surface area contributed by atoms with Crippen molar-refractivity contribution in [3.63, 3.8) is 0 Å². The lowest BCUT2D eigenvalue weighted by molar-refractivity contribution is 0.0536. The number of fused-ring (bicyclic) bond motifs is 1. The van der Waals surface area contributed by atoms with Gasteiger partial charge in [0.15, 0.2) is 0 Å². The molecule has 3 rings (SSSR count). The quantitative estimate of drug-likeness (QED) is 0.690. The van der Waals surface area contributed by atoms with Gasteiger partial charge in [-0.15, -0.1) is 0 Å². The van der Waals surface area contributed by atoms with Crippen LogP contribution in [0.3, 0.4) is 0 Å². The van der Waals surface area contributed by atoms with Crippen LogP contribution < -0.4 is 0 Å². The Balaban J connectivity index is 2.11. The smallest absolute Gasteiger partial charge is 0.420 e. The minimum Gasteiger partial charge on any atom is -0.443 e. The number of nitrogens with zero attached hydrogens (tertiary/aromatic N) is 3. The van der Waals surface area contributed by atoms with E-state index in [4.69, 9.17) is 10.00 Å². The number of hydrogen-bond donors (Lipinski definition) is 0. The van der Waals surface area contributed by atoms with E-state index in [1.807, 2.05) is 63.2 Å². The first-order chi connectivity index (χ1) is 11.9. The van der Waals surface area contributed by atoms with Crippen LogP contribution in [-0.2, 0) is 11.2 Å². The zero-order valence-corrected chi connectivity index (χ0v) is 14.5. The highest BCUT2D eigenvalue weighted by Crippen LogP contribution is 2.25. The molecular weight excluding hydrogens is 314 g/mol. The summed E-state index contributed by atoms with van der Waals surface area (Å²) in [6.07, 6.45) is 1.11. The van der Waals surface area contributed by atoms with Crippen LogP contribution in [0.4, 0.5) is 4.79 Å². The van der Waals surface area contributed by atoms with E-state index in [0.29, 0.717) is 11.5 Å². The maximum absolute atomic E-state index is 12.7. The molecule has 5 heteroatoms. The molecule has 3 aromatic rings. The Hall–Kier alpha value is -3.13. The zero-order chi connectivity index (χ0) is 18.0. The van der Waals surface area contributed by atoms with Crippen molar-refractivity contribution in [1.82, 2.24) is 9.55 Å². The number of carbonyl (C=O) groups excluding carboxylic acids is 1. The number of nitriles is 1. The van der Waals surface area contributed by atoms with Crippen molar-refractivity contribution < 1.29 is 9.53 Å². The van der Waals surface area contributed by atoms with Crippen LogP contribution in [-0.4, -0.2) is 21.2 Å². The number of benzene rings is 2. The van der Waals surface area contributed by atoms with Gasteiger partial charge < -0.3 is 4.74 Å². The highest BCUT2D eigenvalue weighted by Gasteiger charge is 2.23. The van der Waals surface area contributed by atoms with E-state index >= 15 is 0 Å². The lowest BCUT2D eigenvalue weighted by Crippen LogP contribution is -2.28. The largest absolute Gasteiger partial charge is 0.443 e. The molecule has 0 aliphatic rings. The summed E-state index contributed by atoms with van der Waals surface area (Å²) in [7, 11) is 0. The Morgan fingerprint density at radius 1 is 1.20 bits per heavy atom. The lowest BCUT2D eigenvalue weighted by Gasteiger charge is -2.21. The van der Waals surface area contributed by atoms with Crippen LogP contribution in [0.25, 0.3) is 22.2 Å². The molecule has 0 saturated carbocycles. The molecule has 0 N–H and O–H groups in total. The van der Waals surface area contributed by atoms with E-state index in [1.165, 1.54) is 4.57 Å². The van der Waals surface area contributed by atoms with Gasteiger partial charge in [-0.1, -0.05) is 36.4 Å². The Labute approximate surface area is 146 Å². The fourth-order valence-electron chi connectivity index (χ4n) is 2.64. The van der Waals surface area contributed by atoms with Crippen molar-refractivity contribution in [1.29, 1.82) is 5.26 Å². The molecule has 0 aliphatic heterocycles. The summed E-state index contributed by atoms with van der Waals surface area (Å²) < 4.78 is 6.88. The molecule has 1 heterocycles. The molecule has 1 aromatic heterocycles. The monoisotopic (exact) mass is 333 g/mol. The molecule has 0 saturated heterocycles. The van der Waals surface area contributed by atoms with E-state index in [9.17, 15) is 4.79 Å². The molecule has 25 heavy (non-hydrogen) atoms. The molecule has 5 nitrogen and oxygen atoms in total. The topological polar surface area (TPSA) is 67.9 Å². The molecule has 0 aliphatic carbocycles. The van der Waals surface area contributed by atoms with Crippen molar-refractivity contribution in [2.24, 2.45) is 0 Å². The van der Waals surface area contributed by atoms with Crippen LogP contribution in [0.5, 0.6) is 0 Å². The fraction of sp³-hybridized carbons (Fsp3) is 0.250. The normalized spacial score (nSPS) is 11.3. The Kier molecular flexibility index (Phi) is 4.28. The molecular formula is C20H19N3O2. The van der Waals surface area contributed by atoms with Crippen molar-refractivity contribution in [2.45, 2.75) is 32.8 Å². The standard InChI is InChI=1S/C20H19N3O2/c1-20(2,3)25-19(24)23-17(10-11-21)13-22-18(23)16-9-8-14-6-4-5-7-15(14)12-16/h4-9,12-13H,10H2,1-3H3. The number of hydrogen-bond acceptors (Lipinski definition) is 4. The molecule has 0 radical (unpaired) electrons. The number of carbonyl (C=O) groups is 1. The van der Waals surface area contributed by atoms with E-state index < -0.39 is 11.7 Å². The van der Waals surface area contributed by atoms with Crippen LogP contribution in [0.2, 0.25) is 0 Å². The SMILES string of the molecule is CC(C)(C)OC(=O)n1c(CC#N)cnc1-c1ccc2ccccc2c1. The van der Waals surface area contributed by atoms with Gasteiger partial charge in [-0.3, -0.25) is 0 Å². The average molecular weight is 333 g/mol. The first-order valence-corrected chi connectivity index (χ1v) is 8.05. The first kappa shape index (κ1) is 16.7. The van der Waals surface area contributed by atoms with E-state index in [2.05, 4.69) is 11.1 Å². The number of aromatic nitrogens is 2. The lowest BCUT2D eigenvalue weighted by atomic mass is 10.1. The van der Waals surface area contributed by atoms with E-state index in [1.54, 1.807) is 6.20 Å². The second kappa shape index (κ2) is 6.40. The van der Waals surface area contributed by atoms with Gasteiger partial charge >= 0.3 is 6.09 Å². The third-order valence-corrected chi connectivity index (χ3v) is 3.68. The Bertz CT molecular complexity index is 975. The van der Waals surface area contributed by atoms with Crippen molar-refractivity contribution in [3.8, 4) is 17.5 Å². The maximum atomic E-state index is 12.7. The van der Waals surface area contributed by atoms with Gasteiger partial charge in [-0.05, 0) is 37.6 Å². The van der Waals surface area contributed by atoms with Gasteiger partial charge in [0.25, 0.3) is 0 Å². The first-order valence-electron chi connectivity index (χ1n) is 8.05. The fourth-order valence-corrected chi connectivity index (χ4v) is 2.64. The predicted molar refractivity (Wildman–Crippen MR) is 96.1 cm³/mol. The third kappa shape index (κ3) is 3.53. The Morgan fingerprint density at radius 3 is 2.60 bits per heavy atom. The molecule has 2 aromatic carbocycles. The van der Waals surface area contributed by atoms with Gasteiger partial charge in [0.2, 0.25) is 0 Å². The van der Waals surface area contributed by atoms with Gasteiger partial charge in [-0.2, -0.15) is 5.26 Å². The van der Waals surface area contributed by atoms with Gasteiger partial charge in [0.1, 0.15) is 11.4 Å². The van der Waals surface area contributed by atoms with Gasteiger partial charge in [0, 0.05) is 5.56 Å². The second-order valence-electron chi connectivity index (χ2n) is 6.79. The summed E-state index contributed by atoms with van der Waals surface area (Å²) in [5.74, 6) is 0.477. The summed E-state index contributed by atoms with van der Waals surface area (Å²) in [5.41, 5.74) is 0.681. The molecule has 0 fully saturated rings. The second-order valence-corrected chi connectivity index (χ2v) is 6.79. The molecule has 0 unspecified atom stereocenters. The highest BCUT2D eigenvalue weighted by atomic mass is 16.6. The number of imidazole rings is 1. The zero-order valence-electron chi connectivity index (χ0n) is 14.5. The average Bonchev–Trinajstić information content (AvgIpc) is 2.97. The van der Waals surface area contributed by atoms with Crippen molar-refractivity contribution in [2.75, 3.05) is 0 Å². The molecule has 0 bridgehead atoms. The molecule has 126 valence electrons. The maximum Gasteiger partial charge on any atom is 0.420 e. The van der Waals surface area contributed by atoms with Gasteiger partial charge in [0.05, 0.1) is 24.4 Å². The third-order valence-electron chi connectivity index (χ3n) is 3.68. The number of ether oxygens (including phenoxy) is 1. The van der Waals surface area contributed by atoms with E-state index in [0.717, 1.165) is 16.3 Å². The van der Waals surface area contributed by atoms with Crippen LogP contribution in [0, 0.1) is 11.3 Å². The van der Waals surface area contributed by atoms with Crippen LogP contribution >= 0.6 is 0 Å². The minimum absolute atomic E-state index is 0.0832. The van der Waals surface area contributed by atoms with Crippen molar-refractivity contribution >= 4 is 16.9 Å². The summed E-state index contributed by atoms with van der Waals surface area (Å²) in [6, 6.07) is 15.9. The molecule has 0 atom stereocenters.